The smallest absolute Gasteiger partial charge is 0.326 e. The maximum absolute atomic E-state index is 13.1. The van der Waals surface area contributed by atoms with Crippen LogP contribution in [0.5, 0.6) is 0 Å². The number of carbonyl (C=O) groups excluding carboxylic acids is 3. The van der Waals surface area contributed by atoms with Crippen molar-refractivity contribution in [1.29, 1.82) is 0 Å². The van der Waals surface area contributed by atoms with E-state index < -0.39 is 54.5 Å². The fraction of sp³-hybridized carbons (Fsp3) is 0.565. The normalized spacial score (nSPS) is 19.3. The number of carbonyl (C=O) groups is 4. The molecular formula is C23H34N4O6. The lowest BCUT2D eigenvalue weighted by atomic mass is 9.97. The molecule has 0 bridgehead atoms. The first-order chi connectivity index (χ1) is 15.7. The number of hydrogen-bond donors (Lipinski definition) is 5. The highest BCUT2D eigenvalue weighted by molar-refractivity contribution is 5.94. The number of rotatable bonds is 11. The molecule has 10 heteroatoms. The van der Waals surface area contributed by atoms with Crippen LogP contribution in [0.4, 0.5) is 0 Å². The van der Waals surface area contributed by atoms with Gasteiger partial charge in [-0.2, -0.15) is 0 Å². The first-order valence-electron chi connectivity index (χ1n) is 11.2. The van der Waals surface area contributed by atoms with E-state index in [1.54, 1.807) is 6.92 Å². The van der Waals surface area contributed by atoms with Gasteiger partial charge < -0.3 is 31.5 Å². The summed E-state index contributed by atoms with van der Waals surface area (Å²) in [4.78, 5) is 51.2. The van der Waals surface area contributed by atoms with Crippen LogP contribution in [0.1, 0.15) is 38.7 Å². The molecule has 3 amide bonds. The molecule has 6 N–H and O–H groups in total. The summed E-state index contributed by atoms with van der Waals surface area (Å²) in [5.74, 6) is -3.19. The average Bonchev–Trinajstić information content (AvgIpc) is 3.30. The van der Waals surface area contributed by atoms with E-state index in [-0.39, 0.29) is 12.3 Å². The molecule has 1 aromatic rings. The number of likely N-dealkylation sites (tertiary alicyclic amines) is 1. The van der Waals surface area contributed by atoms with E-state index in [2.05, 4.69) is 10.6 Å². The Balaban J connectivity index is 2.05. The molecule has 33 heavy (non-hydrogen) atoms. The van der Waals surface area contributed by atoms with Crippen LogP contribution in [0, 0.1) is 5.92 Å². The van der Waals surface area contributed by atoms with Gasteiger partial charge in [0.05, 0.1) is 12.6 Å². The quantitative estimate of drug-likeness (QED) is 0.300. The van der Waals surface area contributed by atoms with Gasteiger partial charge in [0.1, 0.15) is 18.1 Å². The summed E-state index contributed by atoms with van der Waals surface area (Å²) < 4.78 is 0. The van der Waals surface area contributed by atoms with Crippen LogP contribution >= 0.6 is 0 Å². The maximum Gasteiger partial charge on any atom is 0.326 e. The molecule has 1 aliphatic rings. The zero-order valence-corrected chi connectivity index (χ0v) is 19.1. The van der Waals surface area contributed by atoms with E-state index in [1.807, 2.05) is 37.3 Å². The number of aliphatic hydroxyl groups is 1. The average molecular weight is 463 g/mol. The standard InChI is InChI=1S/C23H34N4O6/c1-3-14(2)19(22(31)27-11-7-10-18(27)23(32)33)26-21(30)17(13-28)25-20(29)16(24)12-15-8-5-4-6-9-15/h4-6,8-9,14,16-19,28H,3,7,10-13,24H2,1-2H3,(H,25,29)(H,26,30)(H,32,33). The number of hydrogen-bond acceptors (Lipinski definition) is 6. The SMILES string of the molecule is CCC(C)C(NC(=O)C(CO)NC(=O)C(N)Cc1ccccc1)C(=O)N1CCCC1C(=O)O. The second kappa shape index (κ2) is 12.3. The Bertz CT molecular complexity index is 834. The third-order valence-corrected chi connectivity index (χ3v) is 6.05. The van der Waals surface area contributed by atoms with Crippen molar-refractivity contribution in [3.05, 3.63) is 35.9 Å². The molecule has 1 aliphatic heterocycles. The van der Waals surface area contributed by atoms with Crippen molar-refractivity contribution in [1.82, 2.24) is 15.5 Å². The van der Waals surface area contributed by atoms with Gasteiger partial charge in [-0.15, -0.1) is 0 Å². The molecule has 5 atom stereocenters. The second-order valence-electron chi connectivity index (χ2n) is 8.44. The molecule has 0 spiro atoms. The zero-order valence-electron chi connectivity index (χ0n) is 19.1. The minimum Gasteiger partial charge on any atom is -0.480 e. The molecular weight excluding hydrogens is 428 g/mol. The van der Waals surface area contributed by atoms with Gasteiger partial charge in [-0.25, -0.2) is 4.79 Å². The summed E-state index contributed by atoms with van der Waals surface area (Å²) in [6.45, 7) is 3.24. The molecule has 1 aromatic carbocycles. The Morgan fingerprint density at radius 3 is 2.39 bits per heavy atom. The van der Waals surface area contributed by atoms with Crippen molar-refractivity contribution in [2.45, 2.75) is 63.7 Å². The van der Waals surface area contributed by atoms with Crippen molar-refractivity contribution in [2.24, 2.45) is 11.7 Å². The Hall–Kier alpha value is -2.98. The molecule has 0 aliphatic carbocycles. The van der Waals surface area contributed by atoms with E-state index in [0.29, 0.717) is 25.8 Å². The van der Waals surface area contributed by atoms with E-state index in [0.717, 1.165) is 5.56 Å². The van der Waals surface area contributed by atoms with Crippen LogP contribution in [0.2, 0.25) is 0 Å². The van der Waals surface area contributed by atoms with Crippen LogP contribution in [0.3, 0.4) is 0 Å². The Labute approximate surface area is 193 Å². The van der Waals surface area contributed by atoms with Crippen LogP contribution in [0.25, 0.3) is 0 Å². The number of carboxylic acid groups (broad SMARTS) is 1. The number of aliphatic hydroxyl groups excluding tert-OH is 1. The summed E-state index contributed by atoms with van der Waals surface area (Å²) in [6, 6.07) is 5.02. The van der Waals surface area contributed by atoms with Crippen molar-refractivity contribution >= 4 is 23.7 Å². The van der Waals surface area contributed by atoms with E-state index in [1.165, 1.54) is 4.90 Å². The van der Waals surface area contributed by atoms with Crippen LogP contribution in [-0.2, 0) is 25.6 Å². The fourth-order valence-electron chi connectivity index (χ4n) is 3.84. The van der Waals surface area contributed by atoms with E-state index >= 15 is 0 Å². The van der Waals surface area contributed by atoms with Crippen LogP contribution in [0.15, 0.2) is 30.3 Å². The first kappa shape index (κ1) is 26.3. The largest absolute Gasteiger partial charge is 0.480 e. The molecule has 0 saturated carbocycles. The molecule has 5 unspecified atom stereocenters. The third-order valence-electron chi connectivity index (χ3n) is 6.05. The lowest BCUT2D eigenvalue weighted by Crippen LogP contribution is -2.59. The van der Waals surface area contributed by atoms with Crippen molar-refractivity contribution in [2.75, 3.05) is 13.2 Å². The Kier molecular flexibility index (Phi) is 9.80. The lowest BCUT2D eigenvalue weighted by Gasteiger charge is -2.31. The van der Waals surface area contributed by atoms with Gasteiger partial charge in [-0.3, -0.25) is 14.4 Å². The summed E-state index contributed by atoms with van der Waals surface area (Å²) in [6.07, 6.45) is 1.74. The van der Waals surface area contributed by atoms with Gasteiger partial charge in [0.25, 0.3) is 0 Å². The number of benzene rings is 1. The minimum absolute atomic E-state index is 0.256. The van der Waals surface area contributed by atoms with Gasteiger partial charge in [0.15, 0.2) is 0 Å². The van der Waals surface area contributed by atoms with Crippen LogP contribution in [-0.4, -0.2) is 76.1 Å². The third kappa shape index (κ3) is 7.00. The highest BCUT2D eigenvalue weighted by Crippen LogP contribution is 2.21. The Morgan fingerprint density at radius 2 is 1.82 bits per heavy atom. The Morgan fingerprint density at radius 1 is 1.15 bits per heavy atom. The van der Waals surface area contributed by atoms with E-state index in [9.17, 15) is 29.4 Å². The van der Waals surface area contributed by atoms with E-state index in [4.69, 9.17) is 5.73 Å². The second-order valence-corrected chi connectivity index (χ2v) is 8.44. The number of aliphatic carboxylic acids is 1. The number of nitrogens with two attached hydrogens (primary N) is 1. The highest BCUT2D eigenvalue weighted by Gasteiger charge is 2.39. The number of nitrogens with zero attached hydrogens (tertiary/aromatic N) is 1. The van der Waals surface area contributed by atoms with Crippen molar-refractivity contribution in [3.63, 3.8) is 0 Å². The first-order valence-corrected chi connectivity index (χ1v) is 11.2. The molecule has 1 heterocycles. The molecule has 0 aromatic heterocycles. The number of carboxylic acids is 1. The lowest BCUT2D eigenvalue weighted by molar-refractivity contribution is -0.150. The van der Waals surface area contributed by atoms with Crippen LogP contribution < -0.4 is 16.4 Å². The topological polar surface area (TPSA) is 162 Å². The van der Waals surface area contributed by atoms with Gasteiger partial charge in [-0.1, -0.05) is 50.6 Å². The van der Waals surface area contributed by atoms with Gasteiger partial charge in [0, 0.05) is 6.54 Å². The van der Waals surface area contributed by atoms with Gasteiger partial charge in [0.2, 0.25) is 17.7 Å². The molecule has 10 nitrogen and oxygen atoms in total. The predicted octanol–water partition coefficient (Wildman–Crippen LogP) is -0.360. The summed E-state index contributed by atoms with van der Waals surface area (Å²) in [7, 11) is 0. The molecule has 1 fully saturated rings. The summed E-state index contributed by atoms with van der Waals surface area (Å²) in [5.41, 5.74) is 6.81. The van der Waals surface area contributed by atoms with Gasteiger partial charge in [-0.05, 0) is 30.7 Å². The van der Waals surface area contributed by atoms with Gasteiger partial charge >= 0.3 is 5.97 Å². The zero-order chi connectivity index (χ0) is 24.5. The molecule has 1 saturated heterocycles. The maximum atomic E-state index is 13.1. The number of amides is 3. The fourth-order valence-corrected chi connectivity index (χ4v) is 3.84. The monoisotopic (exact) mass is 462 g/mol. The summed E-state index contributed by atoms with van der Waals surface area (Å²) in [5, 5.41) is 24.2. The number of nitrogens with one attached hydrogen (secondary N) is 2. The molecule has 182 valence electrons. The minimum atomic E-state index is -1.30. The molecule has 0 radical (unpaired) electrons. The predicted molar refractivity (Wildman–Crippen MR) is 121 cm³/mol. The summed E-state index contributed by atoms with van der Waals surface area (Å²) >= 11 is 0. The van der Waals surface area contributed by atoms with Crippen molar-refractivity contribution in [3.8, 4) is 0 Å². The molecule has 2 rings (SSSR count). The highest BCUT2D eigenvalue weighted by atomic mass is 16.4. The van der Waals surface area contributed by atoms with Crippen molar-refractivity contribution < 1.29 is 29.4 Å².